The molecule has 2 amide bonds. The summed E-state index contributed by atoms with van der Waals surface area (Å²) in [5.74, 6) is -0.886. The molecule has 0 bridgehead atoms. The number of hydrogen-bond donors (Lipinski definition) is 2. The van der Waals surface area contributed by atoms with Crippen molar-refractivity contribution in [1.82, 2.24) is 40.6 Å². The summed E-state index contributed by atoms with van der Waals surface area (Å²) in [4.78, 5) is 39.2. The topological polar surface area (TPSA) is 157 Å². The van der Waals surface area contributed by atoms with Gasteiger partial charge in [-0.25, -0.2) is 0 Å². The molecule has 1 atom stereocenters. The normalized spacial score (nSPS) is 11.8. The Morgan fingerprint density at radius 3 is 2.38 bits per heavy atom. The zero-order valence-corrected chi connectivity index (χ0v) is 28.9. The Kier molecular flexibility index (Phi) is 12.0. The second-order valence-corrected chi connectivity index (χ2v) is 12.3. The van der Waals surface area contributed by atoms with Crippen molar-refractivity contribution in [2.45, 2.75) is 18.9 Å². The zero-order valence-electron chi connectivity index (χ0n) is 27.4. The molecular formula is C35H33Cl2N9O4. The number of ether oxygens (including phenoxy) is 1. The molecule has 0 aliphatic carbocycles. The smallest absolute Gasteiger partial charge is 0.309 e. The highest BCUT2D eigenvalue weighted by Gasteiger charge is 2.20. The number of amides is 2. The van der Waals surface area contributed by atoms with Gasteiger partial charge in [-0.15, -0.1) is 10.2 Å². The summed E-state index contributed by atoms with van der Waals surface area (Å²) in [5, 5.41) is 26.5. The number of hydrogen-bond acceptors (Lipinski definition) is 10. The van der Waals surface area contributed by atoms with Crippen LogP contribution in [0.5, 0.6) is 0 Å². The quantitative estimate of drug-likeness (QED) is 0.129. The van der Waals surface area contributed by atoms with Crippen LogP contribution in [0.3, 0.4) is 0 Å². The van der Waals surface area contributed by atoms with E-state index in [1.807, 2.05) is 50.5 Å². The van der Waals surface area contributed by atoms with Crippen molar-refractivity contribution in [2.75, 3.05) is 33.1 Å². The lowest BCUT2D eigenvalue weighted by atomic mass is 9.99. The van der Waals surface area contributed by atoms with E-state index in [0.717, 1.165) is 16.7 Å². The third-order valence-electron chi connectivity index (χ3n) is 7.42. The lowest BCUT2D eigenvalue weighted by Crippen LogP contribution is -2.29. The Bertz CT molecular complexity index is 1980. The van der Waals surface area contributed by atoms with E-state index in [9.17, 15) is 14.4 Å². The molecular weight excluding hydrogens is 681 g/mol. The second kappa shape index (κ2) is 16.7. The Labute approximate surface area is 298 Å². The SMILES string of the molecule is COC(=O)Cc1ccc(-c2cc([C@H](Cc3ccc(NC(=O)CN(C)C)cc3)NC(=O)/C=C/c3cc(Cl)ccc3-n3cnnn3)nnc2Cl)cc1. The van der Waals surface area contributed by atoms with E-state index in [0.29, 0.717) is 39.6 Å². The van der Waals surface area contributed by atoms with Crippen molar-refractivity contribution < 1.29 is 19.1 Å². The Morgan fingerprint density at radius 1 is 0.960 bits per heavy atom. The first-order valence-electron chi connectivity index (χ1n) is 15.3. The third-order valence-corrected chi connectivity index (χ3v) is 7.93. The van der Waals surface area contributed by atoms with Gasteiger partial charge in [-0.05, 0) is 90.1 Å². The molecule has 2 heterocycles. The van der Waals surface area contributed by atoms with Gasteiger partial charge in [-0.2, -0.15) is 9.78 Å². The van der Waals surface area contributed by atoms with E-state index in [1.54, 1.807) is 47.4 Å². The number of methoxy groups -OCH3 is 1. The number of benzene rings is 3. The van der Waals surface area contributed by atoms with Gasteiger partial charge in [0.15, 0.2) is 5.15 Å². The molecule has 0 radical (unpaired) electrons. The molecule has 15 heteroatoms. The van der Waals surface area contributed by atoms with Gasteiger partial charge in [-0.1, -0.05) is 59.6 Å². The monoisotopic (exact) mass is 713 g/mol. The molecule has 256 valence electrons. The maximum absolute atomic E-state index is 13.5. The number of anilines is 1. The van der Waals surface area contributed by atoms with E-state index in [-0.39, 0.29) is 30.0 Å². The summed E-state index contributed by atoms with van der Waals surface area (Å²) < 4.78 is 6.23. The Hall–Kier alpha value is -5.50. The van der Waals surface area contributed by atoms with Crippen LogP contribution in [0, 0.1) is 0 Å². The molecule has 3 aromatic carbocycles. The first kappa shape index (κ1) is 35.8. The van der Waals surface area contributed by atoms with Crippen LogP contribution in [0.4, 0.5) is 5.69 Å². The van der Waals surface area contributed by atoms with Crippen LogP contribution in [0.1, 0.15) is 28.4 Å². The average Bonchev–Trinajstić information content (AvgIpc) is 3.63. The molecule has 0 saturated carbocycles. The number of nitrogens with one attached hydrogen (secondary N) is 2. The summed E-state index contributed by atoms with van der Waals surface area (Å²) in [7, 11) is 4.98. The highest BCUT2D eigenvalue weighted by atomic mass is 35.5. The van der Waals surface area contributed by atoms with E-state index in [4.69, 9.17) is 27.9 Å². The molecule has 0 spiro atoms. The van der Waals surface area contributed by atoms with Crippen LogP contribution < -0.4 is 10.6 Å². The minimum absolute atomic E-state index is 0.134. The lowest BCUT2D eigenvalue weighted by Gasteiger charge is -2.19. The largest absolute Gasteiger partial charge is 0.469 e. The molecule has 5 aromatic rings. The van der Waals surface area contributed by atoms with E-state index in [1.165, 1.54) is 24.2 Å². The maximum atomic E-state index is 13.5. The van der Waals surface area contributed by atoms with Crippen LogP contribution in [0.15, 0.2) is 85.2 Å². The number of rotatable bonds is 13. The van der Waals surface area contributed by atoms with Gasteiger partial charge in [0.1, 0.15) is 6.33 Å². The van der Waals surface area contributed by atoms with Crippen molar-refractivity contribution in [3.05, 3.63) is 118 Å². The van der Waals surface area contributed by atoms with Gasteiger partial charge in [0.25, 0.3) is 0 Å². The highest BCUT2D eigenvalue weighted by molar-refractivity contribution is 6.32. The molecule has 0 unspecified atom stereocenters. The van der Waals surface area contributed by atoms with Crippen molar-refractivity contribution in [3.63, 3.8) is 0 Å². The minimum Gasteiger partial charge on any atom is -0.469 e. The van der Waals surface area contributed by atoms with Crippen LogP contribution in [0.25, 0.3) is 22.9 Å². The van der Waals surface area contributed by atoms with Gasteiger partial charge in [-0.3, -0.25) is 14.4 Å². The molecule has 50 heavy (non-hydrogen) atoms. The van der Waals surface area contributed by atoms with E-state index >= 15 is 0 Å². The molecule has 0 fully saturated rings. The number of likely N-dealkylation sites (N-methyl/N-ethyl adjacent to an activating group) is 1. The summed E-state index contributed by atoms with van der Waals surface area (Å²) in [5.41, 5.74) is 5.35. The standard InChI is InChI=1S/C35H33Cl2N9O4/c1-45(2)20-33(48)39-27-12-6-22(7-13-27)16-29(40-32(47)15-10-25-18-26(36)11-14-31(25)46-21-38-43-44-46)30-19-28(35(37)42-41-30)24-8-4-23(5-9-24)17-34(49)50-3/h4-15,18-19,21,29H,16-17,20H2,1-3H3,(H,39,48)(H,40,47)/b15-10+/t29-/m0/s1. The molecule has 0 saturated heterocycles. The van der Waals surface area contributed by atoms with Crippen molar-refractivity contribution in [1.29, 1.82) is 0 Å². The van der Waals surface area contributed by atoms with Crippen molar-refractivity contribution in [2.24, 2.45) is 0 Å². The fourth-order valence-corrected chi connectivity index (χ4v) is 5.39. The molecule has 0 aliphatic rings. The number of carbonyl (C=O) groups is 3. The van der Waals surface area contributed by atoms with Crippen LogP contribution in [-0.2, 0) is 32.0 Å². The predicted molar refractivity (Wildman–Crippen MR) is 190 cm³/mol. The zero-order chi connectivity index (χ0) is 35.6. The van der Waals surface area contributed by atoms with Gasteiger partial charge in [0, 0.05) is 27.9 Å². The van der Waals surface area contributed by atoms with Gasteiger partial charge in [0.2, 0.25) is 11.8 Å². The molecule has 2 N–H and O–H groups in total. The van der Waals surface area contributed by atoms with Crippen LogP contribution >= 0.6 is 23.2 Å². The molecule has 5 rings (SSSR count). The summed E-state index contributed by atoms with van der Waals surface area (Å²) >= 11 is 12.8. The predicted octanol–water partition coefficient (Wildman–Crippen LogP) is 4.76. The molecule has 2 aromatic heterocycles. The van der Waals surface area contributed by atoms with Crippen molar-refractivity contribution in [3.8, 4) is 16.8 Å². The number of carbonyl (C=O) groups excluding carboxylic acids is 3. The number of tetrazole rings is 1. The third kappa shape index (κ3) is 9.78. The highest BCUT2D eigenvalue weighted by Crippen LogP contribution is 2.30. The van der Waals surface area contributed by atoms with Gasteiger partial charge in [0.05, 0.1) is 37.5 Å². The summed E-state index contributed by atoms with van der Waals surface area (Å²) in [6, 6.07) is 20.9. The van der Waals surface area contributed by atoms with Crippen LogP contribution in [0.2, 0.25) is 10.2 Å². The molecule has 13 nitrogen and oxygen atoms in total. The van der Waals surface area contributed by atoms with E-state index < -0.39 is 11.9 Å². The summed E-state index contributed by atoms with van der Waals surface area (Å²) in [6.07, 6.45) is 4.93. The number of halogens is 2. The number of aromatic nitrogens is 6. The van der Waals surface area contributed by atoms with Gasteiger partial charge < -0.3 is 20.3 Å². The number of esters is 1. The maximum Gasteiger partial charge on any atom is 0.309 e. The van der Waals surface area contributed by atoms with E-state index in [2.05, 4.69) is 36.4 Å². The van der Waals surface area contributed by atoms with Crippen LogP contribution in [-0.4, -0.2) is 80.8 Å². The average molecular weight is 715 g/mol. The lowest BCUT2D eigenvalue weighted by molar-refractivity contribution is -0.139. The van der Waals surface area contributed by atoms with Crippen molar-refractivity contribution >= 4 is 52.7 Å². The Morgan fingerprint density at radius 2 is 1.70 bits per heavy atom. The first-order chi connectivity index (χ1) is 24.1. The first-order valence-corrected chi connectivity index (χ1v) is 16.1. The fourth-order valence-electron chi connectivity index (χ4n) is 5.01. The minimum atomic E-state index is -0.637. The fraction of sp³-hybridized carbons (Fsp3) is 0.200. The Balaban J connectivity index is 1.42. The van der Waals surface area contributed by atoms with Gasteiger partial charge >= 0.3 is 5.97 Å². The molecule has 0 aliphatic heterocycles. The summed E-state index contributed by atoms with van der Waals surface area (Å²) in [6.45, 7) is 0.251. The number of nitrogens with zero attached hydrogens (tertiary/aromatic N) is 7. The second-order valence-electron chi connectivity index (χ2n) is 11.5.